The van der Waals surface area contributed by atoms with Gasteiger partial charge in [0, 0.05) is 31.1 Å². The van der Waals surface area contributed by atoms with Gasteiger partial charge in [0.05, 0.1) is 11.7 Å². The molecule has 4 rings (SSSR count). The van der Waals surface area contributed by atoms with Gasteiger partial charge in [-0.2, -0.15) is 5.48 Å². The van der Waals surface area contributed by atoms with E-state index in [1.165, 1.54) is 44.2 Å². The van der Waals surface area contributed by atoms with E-state index in [4.69, 9.17) is 4.84 Å². The summed E-state index contributed by atoms with van der Waals surface area (Å²) in [6, 6.07) is 1.73. The summed E-state index contributed by atoms with van der Waals surface area (Å²) in [7, 11) is 0. The van der Waals surface area contributed by atoms with E-state index in [2.05, 4.69) is 28.9 Å². The summed E-state index contributed by atoms with van der Waals surface area (Å²) < 4.78 is 0. The Bertz CT molecular complexity index is 507. The summed E-state index contributed by atoms with van der Waals surface area (Å²) in [5.74, 6) is 2.21. The van der Waals surface area contributed by atoms with Gasteiger partial charge in [0.25, 0.3) is 0 Å². The molecule has 6 atom stereocenters. The second-order valence-electron chi connectivity index (χ2n) is 7.88. The van der Waals surface area contributed by atoms with Gasteiger partial charge in [0.1, 0.15) is 6.26 Å². The lowest BCUT2D eigenvalue weighted by atomic mass is 9.67. The second kappa shape index (κ2) is 6.93. The Morgan fingerprint density at radius 3 is 2.62 bits per heavy atom. The lowest BCUT2D eigenvalue weighted by Crippen LogP contribution is -2.56. The lowest BCUT2D eigenvalue weighted by molar-refractivity contribution is 0.00559. The van der Waals surface area contributed by atoms with Crippen molar-refractivity contribution in [2.75, 3.05) is 13.1 Å². The first kappa shape index (κ1) is 16.2. The molecule has 132 valence electrons. The quantitative estimate of drug-likeness (QED) is 0.761. The minimum Gasteiger partial charge on any atom is -0.414 e. The third-order valence-corrected chi connectivity index (χ3v) is 6.67. The molecule has 24 heavy (non-hydrogen) atoms. The predicted molar refractivity (Wildman–Crippen MR) is 96.9 cm³/mol. The molecule has 0 amide bonds. The van der Waals surface area contributed by atoms with E-state index in [0.717, 1.165) is 31.0 Å². The number of nitrogens with one attached hydrogen (secondary N) is 2. The third-order valence-electron chi connectivity index (χ3n) is 6.67. The largest absolute Gasteiger partial charge is 0.414 e. The monoisotopic (exact) mass is 329 g/mol. The highest BCUT2D eigenvalue weighted by molar-refractivity contribution is 5.19. The first-order valence-corrected chi connectivity index (χ1v) is 9.67. The van der Waals surface area contributed by atoms with Crippen molar-refractivity contribution in [2.45, 2.75) is 56.7 Å². The van der Waals surface area contributed by atoms with Gasteiger partial charge in [-0.15, -0.1) is 13.2 Å². The summed E-state index contributed by atoms with van der Waals surface area (Å²) in [6.07, 6.45) is 14.0. The van der Waals surface area contributed by atoms with E-state index < -0.39 is 0 Å². The molecule has 0 bridgehead atoms. The zero-order valence-corrected chi connectivity index (χ0v) is 14.6. The van der Waals surface area contributed by atoms with Crippen LogP contribution in [0.3, 0.4) is 0 Å². The van der Waals surface area contributed by atoms with Crippen LogP contribution < -0.4 is 10.8 Å². The molecule has 2 heterocycles. The maximum absolute atomic E-state index is 5.64. The molecule has 3 fully saturated rings. The first-order valence-electron chi connectivity index (χ1n) is 9.67. The van der Waals surface area contributed by atoms with E-state index >= 15 is 0 Å². The van der Waals surface area contributed by atoms with Crippen molar-refractivity contribution < 1.29 is 4.84 Å². The lowest BCUT2D eigenvalue weighted by Gasteiger charge is -2.46. The van der Waals surface area contributed by atoms with Gasteiger partial charge in [-0.25, -0.2) is 0 Å². The van der Waals surface area contributed by atoms with E-state index in [1.54, 1.807) is 0 Å². The molecule has 0 radical (unpaired) electrons. The van der Waals surface area contributed by atoms with Gasteiger partial charge in [-0.3, -0.25) is 0 Å². The zero-order valence-electron chi connectivity index (χ0n) is 14.6. The Balaban J connectivity index is 1.61. The van der Waals surface area contributed by atoms with E-state index in [1.807, 2.05) is 18.4 Å². The molecule has 0 aromatic heterocycles. The van der Waals surface area contributed by atoms with E-state index in [0.29, 0.717) is 18.0 Å². The van der Waals surface area contributed by atoms with Crippen molar-refractivity contribution >= 4 is 0 Å². The number of hydrogen-bond acceptors (Lipinski definition) is 4. The second-order valence-corrected chi connectivity index (χ2v) is 7.88. The minimum absolute atomic E-state index is 0.413. The highest BCUT2D eigenvalue weighted by Crippen LogP contribution is 2.48. The average Bonchev–Trinajstić information content (AvgIpc) is 3.00. The molecule has 0 spiro atoms. The molecule has 2 aliphatic heterocycles. The summed E-state index contributed by atoms with van der Waals surface area (Å²) in [5, 5.41) is 4.05. The zero-order chi connectivity index (χ0) is 16.5. The summed E-state index contributed by atoms with van der Waals surface area (Å²) >= 11 is 0. The topological polar surface area (TPSA) is 36.5 Å². The molecule has 4 nitrogen and oxygen atoms in total. The Morgan fingerprint density at radius 1 is 1.04 bits per heavy atom. The fourth-order valence-electron chi connectivity index (χ4n) is 5.75. The maximum atomic E-state index is 5.64. The van der Waals surface area contributed by atoms with Crippen LogP contribution >= 0.6 is 0 Å². The van der Waals surface area contributed by atoms with Crippen molar-refractivity contribution in [2.24, 2.45) is 17.8 Å². The van der Waals surface area contributed by atoms with Gasteiger partial charge in [0.15, 0.2) is 0 Å². The van der Waals surface area contributed by atoms with Gasteiger partial charge < -0.3 is 15.1 Å². The Kier molecular flexibility index (Phi) is 4.68. The SMILES string of the molecule is C=CCN(CC=C)C1=CONC2CCC3C4CCCCC4NC3C12. The summed E-state index contributed by atoms with van der Waals surface area (Å²) in [5.41, 5.74) is 4.61. The molecule has 2 aliphatic carbocycles. The van der Waals surface area contributed by atoms with Crippen LogP contribution in [0.15, 0.2) is 37.3 Å². The van der Waals surface area contributed by atoms with Gasteiger partial charge >= 0.3 is 0 Å². The fourth-order valence-corrected chi connectivity index (χ4v) is 5.75. The normalized spacial score (nSPS) is 40.4. The van der Waals surface area contributed by atoms with E-state index in [-0.39, 0.29) is 0 Å². The standard InChI is InChI=1S/C20H31N3O/c1-3-11-23(12-4-2)18-13-24-22-17-10-9-15-14-7-5-6-8-16(14)21-20(15)19(17)18/h3-4,13-17,19-22H,1-2,5-12H2. The van der Waals surface area contributed by atoms with Crippen LogP contribution in [0.5, 0.6) is 0 Å². The van der Waals surface area contributed by atoms with Crippen LogP contribution in [0.2, 0.25) is 0 Å². The maximum Gasteiger partial charge on any atom is 0.130 e. The van der Waals surface area contributed by atoms with Gasteiger partial charge in [0.2, 0.25) is 0 Å². The molecule has 4 aliphatic rings. The Morgan fingerprint density at radius 2 is 1.83 bits per heavy atom. The first-order chi connectivity index (χ1) is 11.8. The summed E-state index contributed by atoms with van der Waals surface area (Å²) in [4.78, 5) is 8.01. The summed E-state index contributed by atoms with van der Waals surface area (Å²) in [6.45, 7) is 9.55. The number of rotatable bonds is 5. The third kappa shape index (κ3) is 2.70. The molecule has 0 aromatic carbocycles. The van der Waals surface area contributed by atoms with Crippen LogP contribution in [0, 0.1) is 17.8 Å². The molecule has 0 aromatic rings. The van der Waals surface area contributed by atoms with Crippen LogP contribution in [-0.2, 0) is 4.84 Å². The van der Waals surface area contributed by atoms with Crippen molar-refractivity contribution in [3.63, 3.8) is 0 Å². The number of nitrogens with zero attached hydrogens (tertiary/aromatic N) is 1. The van der Waals surface area contributed by atoms with E-state index in [9.17, 15) is 0 Å². The Hall–Kier alpha value is -1.26. The Labute approximate surface area is 146 Å². The van der Waals surface area contributed by atoms with Crippen molar-refractivity contribution in [3.8, 4) is 0 Å². The van der Waals surface area contributed by atoms with Gasteiger partial charge in [-0.05, 0) is 37.5 Å². The molecule has 4 heteroatoms. The molecule has 2 N–H and O–H groups in total. The van der Waals surface area contributed by atoms with Crippen molar-refractivity contribution in [1.82, 2.24) is 15.7 Å². The van der Waals surface area contributed by atoms with Gasteiger partial charge in [-0.1, -0.05) is 25.0 Å². The number of fused-ring (bicyclic) bond motifs is 5. The fraction of sp³-hybridized carbons (Fsp3) is 0.700. The van der Waals surface area contributed by atoms with Crippen LogP contribution in [0.4, 0.5) is 0 Å². The van der Waals surface area contributed by atoms with Crippen molar-refractivity contribution in [1.29, 1.82) is 0 Å². The highest BCUT2D eigenvalue weighted by atomic mass is 16.6. The smallest absolute Gasteiger partial charge is 0.130 e. The molecule has 6 unspecified atom stereocenters. The molecular formula is C20H31N3O. The highest BCUT2D eigenvalue weighted by Gasteiger charge is 2.53. The average molecular weight is 329 g/mol. The number of hydroxylamine groups is 1. The molecule has 1 saturated heterocycles. The van der Waals surface area contributed by atoms with Crippen LogP contribution in [0.25, 0.3) is 0 Å². The number of hydrogen-bond donors (Lipinski definition) is 2. The van der Waals surface area contributed by atoms with Crippen LogP contribution in [-0.4, -0.2) is 36.1 Å². The molecular weight excluding hydrogens is 298 g/mol. The molecule has 2 saturated carbocycles. The van der Waals surface area contributed by atoms with Crippen molar-refractivity contribution in [3.05, 3.63) is 37.3 Å². The predicted octanol–water partition coefficient (Wildman–Crippen LogP) is 2.96. The van der Waals surface area contributed by atoms with Crippen LogP contribution in [0.1, 0.15) is 38.5 Å². The minimum atomic E-state index is 0.413.